The second kappa shape index (κ2) is 10.9. The van der Waals surface area contributed by atoms with Crippen molar-refractivity contribution in [2.45, 2.75) is 39.4 Å². The van der Waals surface area contributed by atoms with Crippen molar-refractivity contribution in [2.24, 2.45) is 0 Å². The fourth-order valence-corrected chi connectivity index (χ4v) is 4.50. The molecule has 0 radical (unpaired) electrons. The summed E-state index contributed by atoms with van der Waals surface area (Å²) in [6.45, 7) is 4.69. The van der Waals surface area contributed by atoms with Crippen LogP contribution in [0.3, 0.4) is 0 Å². The molecule has 0 saturated heterocycles. The van der Waals surface area contributed by atoms with E-state index in [4.69, 9.17) is 0 Å². The lowest BCUT2D eigenvalue weighted by Gasteiger charge is -2.32. The van der Waals surface area contributed by atoms with Gasteiger partial charge in [-0.3, -0.25) is 13.9 Å². The summed E-state index contributed by atoms with van der Waals surface area (Å²) in [7, 11) is -3.81. The Balaban J connectivity index is 2.39. The quantitative estimate of drug-likeness (QED) is 0.542. The van der Waals surface area contributed by atoms with E-state index in [-0.39, 0.29) is 18.5 Å². The molecule has 0 fully saturated rings. The van der Waals surface area contributed by atoms with Gasteiger partial charge in [-0.1, -0.05) is 24.3 Å². The minimum atomic E-state index is -3.81. The van der Waals surface area contributed by atoms with Crippen molar-refractivity contribution in [1.29, 1.82) is 0 Å². The molecule has 2 rings (SSSR count). The van der Waals surface area contributed by atoms with Crippen molar-refractivity contribution < 1.29 is 22.4 Å². The summed E-state index contributed by atoms with van der Waals surface area (Å²) in [5, 5.41) is 2.76. The molecule has 0 aromatic heterocycles. The van der Waals surface area contributed by atoms with Crippen LogP contribution in [0.4, 0.5) is 10.1 Å². The smallest absolute Gasteiger partial charge is 0.244 e. The Morgan fingerprint density at radius 1 is 1.06 bits per heavy atom. The van der Waals surface area contributed by atoms with Crippen LogP contribution in [-0.2, 0) is 26.2 Å². The van der Waals surface area contributed by atoms with Gasteiger partial charge >= 0.3 is 0 Å². The van der Waals surface area contributed by atoms with Gasteiger partial charge in [0, 0.05) is 17.1 Å². The van der Waals surface area contributed by atoms with E-state index in [0.29, 0.717) is 15.7 Å². The van der Waals surface area contributed by atoms with Gasteiger partial charge in [0.2, 0.25) is 21.8 Å². The summed E-state index contributed by atoms with van der Waals surface area (Å²) in [4.78, 5) is 27.3. The Morgan fingerprint density at radius 3 is 2.19 bits per heavy atom. The van der Waals surface area contributed by atoms with Crippen LogP contribution in [0.15, 0.2) is 53.0 Å². The van der Waals surface area contributed by atoms with Crippen LogP contribution in [0.5, 0.6) is 0 Å². The van der Waals surface area contributed by atoms with Gasteiger partial charge in [0.15, 0.2) is 0 Å². The molecule has 174 valence electrons. The molecule has 0 spiro atoms. The largest absolute Gasteiger partial charge is 0.352 e. The average Bonchev–Trinajstić information content (AvgIpc) is 2.70. The van der Waals surface area contributed by atoms with E-state index in [2.05, 4.69) is 21.2 Å². The van der Waals surface area contributed by atoms with E-state index in [0.717, 1.165) is 10.6 Å². The fraction of sp³-hybridized carbons (Fsp3) is 0.364. The zero-order chi connectivity index (χ0) is 24.1. The topological polar surface area (TPSA) is 86.8 Å². The zero-order valence-corrected chi connectivity index (χ0v) is 20.8. The van der Waals surface area contributed by atoms with E-state index in [1.807, 2.05) is 0 Å². The second-order valence-corrected chi connectivity index (χ2v) is 10.5. The van der Waals surface area contributed by atoms with Crippen LogP contribution in [0.25, 0.3) is 0 Å². The van der Waals surface area contributed by atoms with E-state index >= 15 is 0 Å². The van der Waals surface area contributed by atoms with Gasteiger partial charge < -0.3 is 10.2 Å². The molecule has 2 amide bonds. The lowest BCUT2D eigenvalue weighted by Crippen LogP contribution is -2.52. The van der Waals surface area contributed by atoms with Gasteiger partial charge in [-0.05, 0) is 66.5 Å². The average molecular weight is 528 g/mol. The number of halogens is 2. The van der Waals surface area contributed by atoms with Crippen LogP contribution >= 0.6 is 15.9 Å². The molecule has 0 aliphatic carbocycles. The molecule has 7 nitrogen and oxygen atoms in total. The summed E-state index contributed by atoms with van der Waals surface area (Å²) in [6, 6.07) is 11.2. The first-order valence-corrected chi connectivity index (χ1v) is 12.6. The lowest BCUT2D eigenvalue weighted by atomic mass is 10.1. The van der Waals surface area contributed by atoms with Gasteiger partial charge in [-0.15, -0.1) is 0 Å². The molecule has 0 heterocycles. The summed E-state index contributed by atoms with van der Waals surface area (Å²) in [5.74, 6) is -1.36. The number of benzene rings is 2. The Kier molecular flexibility index (Phi) is 8.80. The van der Waals surface area contributed by atoms with Gasteiger partial charge in [0.1, 0.15) is 18.4 Å². The monoisotopic (exact) mass is 527 g/mol. The number of nitrogens with zero attached hydrogens (tertiary/aromatic N) is 2. The minimum absolute atomic E-state index is 0.0133. The van der Waals surface area contributed by atoms with Crippen LogP contribution < -0.4 is 9.62 Å². The first-order chi connectivity index (χ1) is 14.9. The van der Waals surface area contributed by atoms with Gasteiger partial charge in [0.05, 0.1) is 11.9 Å². The molecule has 0 aliphatic rings. The first-order valence-electron chi connectivity index (χ1n) is 9.96. The number of hydrogen-bond acceptors (Lipinski definition) is 4. The molecule has 2 aromatic carbocycles. The van der Waals surface area contributed by atoms with Crippen molar-refractivity contribution in [3.8, 4) is 0 Å². The predicted molar refractivity (Wildman–Crippen MR) is 126 cm³/mol. The van der Waals surface area contributed by atoms with Crippen LogP contribution in [0, 0.1) is 5.82 Å². The lowest BCUT2D eigenvalue weighted by molar-refractivity contribution is -0.139. The first kappa shape index (κ1) is 25.8. The number of sulfonamides is 1. The van der Waals surface area contributed by atoms with E-state index in [1.165, 1.54) is 29.2 Å². The highest BCUT2D eigenvalue weighted by atomic mass is 79.9. The van der Waals surface area contributed by atoms with Crippen molar-refractivity contribution in [1.82, 2.24) is 10.2 Å². The maximum absolute atomic E-state index is 13.3. The third-order valence-corrected chi connectivity index (χ3v) is 6.46. The third kappa shape index (κ3) is 7.03. The minimum Gasteiger partial charge on any atom is -0.352 e. The molecular formula is C22H27BrFN3O4S. The maximum atomic E-state index is 13.3. The molecule has 0 aliphatic heterocycles. The number of amides is 2. The third-order valence-electron chi connectivity index (χ3n) is 4.66. The zero-order valence-electron chi connectivity index (χ0n) is 18.4. The van der Waals surface area contributed by atoms with Gasteiger partial charge in [0.25, 0.3) is 0 Å². The highest BCUT2D eigenvalue weighted by Crippen LogP contribution is 2.28. The Morgan fingerprint density at radius 2 is 1.66 bits per heavy atom. The van der Waals surface area contributed by atoms with E-state index in [9.17, 15) is 22.4 Å². The summed E-state index contributed by atoms with van der Waals surface area (Å²) in [5.41, 5.74) is 0.917. The van der Waals surface area contributed by atoms with Crippen molar-refractivity contribution in [3.05, 3.63) is 64.4 Å². The van der Waals surface area contributed by atoms with Crippen LogP contribution in [0.2, 0.25) is 0 Å². The molecule has 32 heavy (non-hydrogen) atoms. The Bertz CT molecular complexity index is 1060. The SMILES string of the molecule is CC(C)NC(=O)[C@@H](C)N(Cc1ccc(F)cc1)C(=O)CN(c1ccccc1Br)S(C)(=O)=O. The molecule has 0 saturated carbocycles. The van der Waals surface area contributed by atoms with Crippen molar-refractivity contribution in [2.75, 3.05) is 17.1 Å². The summed E-state index contributed by atoms with van der Waals surface area (Å²) >= 11 is 3.33. The van der Waals surface area contributed by atoms with E-state index in [1.54, 1.807) is 45.0 Å². The van der Waals surface area contributed by atoms with Crippen molar-refractivity contribution >= 4 is 43.5 Å². The highest BCUT2D eigenvalue weighted by Gasteiger charge is 2.30. The maximum Gasteiger partial charge on any atom is 0.244 e. The molecule has 0 unspecified atom stereocenters. The Labute approximate surface area is 196 Å². The summed E-state index contributed by atoms with van der Waals surface area (Å²) < 4.78 is 39.8. The second-order valence-electron chi connectivity index (χ2n) is 7.71. The Hall–Kier alpha value is -2.46. The number of anilines is 1. The summed E-state index contributed by atoms with van der Waals surface area (Å²) in [6.07, 6.45) is 1.01. The number of hydrogen-bond donors (Lipinski definition) is 1. The predicted octanol–water partition coefficient (Wildman–Crippen LogP) is 3.30. The van der Waals surface area contributed by atoms with Gasteiger partial charge in [-0.2, -0.15) is 0 Å². The van der Waals surface area contributed by atoms with E-state index < -0.39 is 34.3 Å². The molecular weight excluding hydrogens is 501 g/mol. The number of carbonyl (C=O) groups excluding carboxylic acids is 2. The number of carbonyl (C=O) groups is 2. The molecule has 1 N–H and O–H groups in total. The molecule has 2 aromatic rings. The van der Waals surface area contributed by atoms with Crippen LogP contribution in [0.1, 0.15) is 26.3 Å². The normalized spacial score (nSPS) is 12.3. The molecule has 0 bridgehead atoms. The molecule has 1 atom stereocenters. The number of rotatable bonds is 9. The fourth-order valence-electron chi connectivity index (χ4n) is 3.02. The standard InChI is InChI=1S/C22H27BrFN3O4S/c1-15(2)25-22(29)16(3)26(13-17-9-11-18(24)12-10-17)21(28)14-27(32(4,30)31)20-8-6-5-7-19(20)23/h5-12,15-16H,13-14H2,1-4H3,(H,25,29)/t16-/m1/s1. The number of para-hydroxylation sites is 1. The number of nitrogens with one attached hydrogen (secondary N) is 1. The van der Waals surface area contributed by atoms with Crippen molar-refractivity contribution in [3.63, 3.8) is 0 Å². The molecule has 10 heteroatoms. The van der Waals surface area contributed by atoms with Gasteiger partial charge in [-0.25, -0.2) is 12.8 Å². The van der Waals surface area contributed by atoms with Crippen LogP contribution in [-0.4, -0.2) is 50.0 Å². The highest BCUT2D eigenvalue weighted by molar-refractivity contribution is 9.10.